The van der Waals surface area contributed by atoms with Gasteiger partial charge >= 0.3 is 0 Å². The van der Waals surface area contributed by atoms with Crippen molar-refractivity contribution in [2.45, 2.75) is 44.9 Å². The smallest absolute Gasteiger partial charge is 0.222 e. The van der Waals surface area contributed by atoms with Gasteiger partial charge in [0.15, 0.2) is 0 Å². The topological polar surface area (TPSA) is 53.1 Å². The lowest BCUT2D eigenvalue weighted by Gasteiger charge is -2.37. The fourth-order valence-electron chi connectivity index (χ4n) is 5.15. The van der Waals surface area contributed by atoms with Crippen LogP contribution in [0.3, 0.4) is 0 Å². The van der Waals surface area contributed by atoms with Crippen LogP contribution in [0.15, 0.2) is 35.9 Å². The van der Waals surface area contributed by atoms with Crippen molar-refractivity contribution in [3.63, 3.8) is 0 Å². The largest absolute Gasteiger partial charge is 0.495 e. The molecule has 0 spiro atoms. The zero-order valence-electron chi connectivity index (χ0n) is 18.7. The highest BCUT2D eigenvalue weighted by Gasteiger charge is 2.28. The Morgan fingerprint density at radius 1 is 0.968 bits per heavy atom. The number of benzene rings is 1. The van der Waals surface area contributed by atoms with Crippen molar-refractivity contribution in [1.29, 1.82) is 0 Å². The van der Waals surface area contributed by atoms with E-state index in [1.165, 1.54) is 18.4 Å². The number of carbonyl (C=O) groups is 2. The maximum atomic E-state index is 12.7. The maximum Gasteiger partial charge on any atom is 0.222 e. The van der Waals surface area contributed by atoms with E-state index in [4.69, 9.17) is 4.74 Å². The van der Waals surface area contributed by atoms with Crippen molar-refractivity contribution in [3.8, 4) is 5.75 Å². The number of amides is 2. The molecule has 2 aliphatic heterocycles. The molecule has 2 heterocycles. The van der Waals surface area contributed by atoms with E-state index in [2.05, 4.69) is 17.0 Å². The number of nitrogens with zero attached hydrogens (tertiary/aromatic N) is 3. The van der Waals surface area contributed by atoms with E-state index in [0.29, 0.717) is 38.3 Å². The number of hydrogen-bond acceptors (Lipinski definition) is 4. The molecule has 0 radical (unpaired) electrons. The third-order valence-electron chi connectivity index (χ3n) is 7.00. The van der Waals surface area contributed by atoms with Gasteiger partial charge in [0.25, 0.3) is 0 Å². The normalized spacial score (nSPS) is 21.4. The van der Waals surface area contributed by atoms with E-state index in [9.17, 15) is 9.59 Å². The molecule has 0 saturated carbocycles. The first-order valence-corrected chi connectivity index (χ1v) is 11.8. The van der Waals surface area contributed by atoms with Crippen molar-refractivity contribution >= 4 is 17.5 Å². The van der Waals surface area contributed by atoms with Crippen molar-refractivity contribution < 1.29 is 14.3 Å². The van der Waals surface area contributed by atoms with Crippen molar-refractivity contribution in [2.24, 2.45) is 5.92 Å². The van der Waals surface area contributed by atoms with Crippen LogP contribution < -0.4 is 9.64 Å². The first kappa shape index (κ1) is 21.7. The fraction of sp³-hybridized carbons (Fsp3) is 0.600. The number of carbonyl (C=O) groups excluding carboxylic acids is 2. The van der Waals surface area contributed by atoms with Gasteiger partial charge in [0, 0.05) is 52.1 Å². The van der Waals surface area contributed by atoms with E-state index in [-0.39, 0.29) is 11.8 Å². The van der Waals surface area contributed by atoms with Crippen LogP contribution in [0, 0.1) is 5.92 Å². The lowest BCUT2D eigenvalue weighted by atomic mass is 9.82. The van der Waals surface area contributed by atoms with Gasteiger partial charge < -0.3 is 19.4 Å². The van der Waals surface area contributed by atoms with Crippen molar-refractivity contribution in [2.75, 3.05) is 51.3 Å². The minimum Gasteiger partial charge on any atom is -0.495 e. The van der Waals surface area contributed by atoms with Crippen LogP contribution in [-0.2, 0) is 9.59 Å². The Morgan fingerprint density at radius 3 is 2.48 bits per heavy atom. The van der Waals surface area contributed by atoms with Crippen LogP contribution in [-0.4, -0.2) is 68.0 Å². The highest BCUT2D eigenvalue weighted by atomic mass is 16.5. The summed E-state index contributed by atoms with van der Waals surface area (Å²) in [7, 11) is 1.69. The Bertz CT molecular complexity index is 814. The van der Waals surface area contributed by atoms with E-state index < -0.39 is 0 Å². The Balaban J connectivity index is 1.19. The summed E-state index contributed by atoms with van der Waals surface area (Å²) in [6.07, 6.45) is 8.76. The van der Waals surface area contributed by atoms with Gasteiger partial charge in [-0.15, -0.1) is 0 Å². The molecule has 1 aromatic carbocycles. The third kappa shape index (κ3) is 5.23. The molecule has 6 heteroatoms. The molecule has 1 unspecified atom stereocenters. The maximum absolute atomic E-state index is 12.7. The zero-order valence-corrected chi connectivity index (χ0v) is 18.7. The predicted molar refractivity (Wildman–Crippen MR) is 122 cm³/mol. The van der Waals surface area contributed by atoms with Crippen molar-refractivity contribution in [3.05, 3.63) is 35.9 Å². The standard InChI is InChI=1S/C25H35N3O3/c1-31-23-10-5-4-9-22(23)26-15-17-27(18-16-26)24(29)11-6-12-25(30)28-14-13-20-7-2-3-8-21(20)19-28/h4-5,8-10,20H,2-3,6-7,11-19H2,1H3. The van der Waals surface area contributed by atoms with Gasteiger partial charge in [-0.3, -0.25) is 9.59 Å². The lowest BCUT2D eigenvalue weighted by molar-refractivity contribution is -0.133. The SMILES string of the molecule is COc1ccccc1N1CCN(C(=O)CCCC(=O)N2CCC3CCCC=C3C2)CC1. The number of methoxy groups -OCH3 is 1. The monoisotopic (exact) mass is 425 g/mol. The number of allylic oxidation sites excluding steroid dienone is 1. The number of anilines is 1. The second-order valence-electron chi connectivity index (χ2n) is 8.90. The van der Waals surface area contributed by atoms with E-state index in [1.54, 1.807) is 7.11 Å². The average Bonchev–Trinajstić information content (AvgIpc) is 2.83. The Labute approximate surface area is 185 Å². The van der Waals surface area contributed by atoms with Crippen LogP contribution >= 0.6 is 0 Å². The summed E-state index contributed by atoms with van der Waals surface area (Å²) in [6, 6.07) is 8.02. The van der Waals surface area contributed by atoms with E-state index >= 15 is 0 Å². The second-order valence-corrected chi connectivity index (χ2v) is 8.90. The summed E-state index contributed by atoms with van der Waals surface area (Å²) in [4.78, 5) is 31.5. The quantitative estimate of drug-likeness (QED) is 0.655. The summed E-state index contributed by atoms with van der Waals surface area (Å²) >= 11 is 0. The van der Waals surface area contributed by atoms with Gasteiger partial charge in [-0.1, -0.05) is 23.8 Å². The molecular weight excluding hydrogens is 390 g/mol. The summed E-state index contributed by atoms with van der Waals surface area (Å²) in [6.45, 7) is 4.71. The summed E-state index contributed by atoms with van der Waals surface area (Å²) in [5, 5.41) is 0. The minimum atomic E-state index is 0.168. The minimum absolute atomic E-state index is 0.168. The molecule has 3 aliphatic rings. The molecule has 2 amide bonds. The van der Waals surface area contributed by atoms with Gasteiger partial charge in [0.1, 0.15) is 5.75 Å². The molecule has 2 fully saturated rings. The number of piperazine rings is 1. The zero-order chi connectivity index (χ0) is 21.6. The number of piperidine rings is 1. The van der Waals surface area contributed by atoms with E-state index in [0.717, 1.165) is 50.5 Å². The average molecular weight is 426 g/mol. The fourth-order valence-corrected chi connectivity index (χ4v) is 5.15. The molecule has 4 rings (SSSR count). The first-order chi connectivity index (χ1) is 15.2. The Morgan fingerprint density at radius 2 is 1.71 bits per heavy atom. The third-order valence-corrected chi connectivity index (χ3v) is 7.00. The molecule has 0 bridgehead atoms. The molecule has 0 N–H and O–H groups in total. The highest BCUT2D eigenvalue weighted by molar-refractivity contribution is 5.79. The van der Waals surface area contributed by atoms with Crippen LogP contribution in [0.5, 0.6) is 5.75 Å². The van der Waals surface area contributed by atoms with Gasteiger partial charge in [-0.2, -0.15) is 0 Å². The molecule has 1 aromatic rings. The van der Waals surface area contributed by atoms with Gasteiger partial charge in [-0.05, 0) is 50.2 Å². The lowest BCUT2D eigenvalue weighted by Crippen LogP contribution is -2.48. The number of fused-ring (bicyclic) bond motifs is 1. The van der Waals surface area contributed by atoms with Gasteiger partial charge in [0.05, 0.1) is 12.8 Å². The number of hydrogen-bond donors (Lipinski definition) is 0. The Hall–Kier alpha value is -2.50. The van der Waals surface area contributed by atoms with Gasteiger partial charge in [-0.25, -0.2) is 0 Å². The molecular formula is C25H35N3O3. The summed E-state index contributed by atoms with van der Waals surface area (Å²) < 4.78 is 5.47. The number of likely N-dealkylation sites (tertiary alicyclic amines) is 1. The first-order valence-electron chi connectivity index (χ1n) is 11.8. The Kier molecular flexibility index (Phi) is 7.15. The summed E-state index contributed by atoms with van der Waals surface area (Å²) in [5.41, 5.74) is 2.55. The number of rotatable bonds is 6. The van der Waals surface area contributed by atoms with Gasteiger partial charge in [0.2, 0.25) is 11.8 Å². The summed E-state index contributed by atoms with van der Waals surface area (Å²) in [5.74, 6) is 1.95. The molecule has 168 valence electrons. The molecule has 1 atom stereocenters. The second kappa shape index (κ2) is 10.2. The molecule has 2 saturated heterocycles. The van der Waals surface area contributed by atoms with E-state index in [1.807, 2.05) is 28.0 Å². The number of ether oxygens (including phenoxy) is 1. The number of para-hydroxylation sites is 2. The van der Waals surface area contributed by atoms with Crippen LogP contribution in [0.25, 0.3) is 0 Å². The molecule has 6 nitrogen and oxygen atoms in total. The van der Waals surface area contributed by atoms with Crippen LogP contribution in [0.1, 0.15) is 44.9 Å². The predicted octanol–water partition coefficient (Wildman–Crippen LogP) is 3.47. The van der Waals surface area contributed by atoms with Crippen LogP contribution in [0.4, 0.5) is 5.69 Å². The van der Waals surface area contributed by atoms with Crippen LogP contribution in [0.2, 0.25) is 0 Å². The molecule has 31 heavy (non-hydrogen) atoms. The molecule has 0 aromatic heterocycles. The molecule has 1 aliphatic carbocycles. The highest BCUT2D eigenvalue weighted by Crippen LogP contribution is 2.32. The van der Waals surface area contributed by atoms with Crippen molar-refractivity contribution in [1.82, 2.24) is 9.80 Å².